The molecule has 2 aliphatic heterocycles. The van der Waals surface area contributed by atoms with Crippen molar-refractivity contribution in [3.63, 3.8) is 0 Å². The first-order valence-corrected chi connectivity index (χ1v) is 31.1. The third kappa shape index (κ3) is 5.12. The molecule has 1 saturated heterocycles. The molecule has 6 aromatic carbocycles. The Balaban J connectivity index is 0.981. The van der Waals surface area contributed by atoms with Gasteiger partial charge in [0, 0.05) is 49.5 Å². The maximum absolute atomic E-state index is 7.51. The lowest BCUT2D eigenvalue weighted by molar-refractivity contribution is -0.0516. The quantitative estimate of drug-likeness (QED) is 0.165. The van der Waals surface area contributed by atoms with E-state index in [9.17, 15) is 0 Å². The molecule has 0 spiro atoms. The molecule has 0 amide bonds. The standard InChI is InChI=1S/C63H63NO2Si2/c1-59(2)45-20-14-13-19-41(45)42-27-24-38(35-48(42)59)64(39-25-28-43-49(36-39)60(3,4)46-30-32-53-58(56(43)46)65-51-21-15-16-22-52(51)67(53,9)10)40-26-29-44-50(37-40)61(5,6)47-31-33-55-63(8,57(44)47)66-54-23-17-18-34-62(54,7)68(55,11)12/h13-37,54-55H,1-12H3. The van der Waals surface area contributed by atoms with Gasteiger partial charge in [0.05, 0.1) is 19.8 Å². The van der Waals surface area contributed by atoms with E-state index in [1.165, 1.54) is 88.5 Å². The van der Waals surface area contributed by atoms with E-state index in [1.807, 2.05) is 0 Å². The lowest BCUT2D eigenvalue weighted by Gasteiger charge is -2.61. The van der Waals surface area contributed by atoms with E-state index in [-0.39, 0.29) is 27.4 Å². The number of hydrogen-bond donors (Lipinski definition) is 0. The van der Waals surface area contributed by atoms with Crippen molar-refractivity contribution < 1.29 is 9.47 Å². The molecule has 0 N–H and O–H groups in total. The average molecular weight is 922 g/mol. The third-order valence-electron chi connectivity index (χ3n) is 19.0. The zero-order chi connectivity index (χ0) is 47.3. The molecule has 0 radical (unpaired) electrons. The van der Waals surface area contributed by atoms with Crippen LogP contribution < -0.4 is 20.0 Å². The summed E-state index contributed by atoms with van der Waals surface area (Å²) in [6.07, 6.45) is 14.3. The number of para-hydroxylation sites is 1. The highest BCUT2D eigenvalue weighted by molar-refractivity contribution is 7.01. The van der Waals surface area contributed by atoms with Crippen LogP contribution in [-0.4, -0.2) is 27.9 Å². The Bertz CT molecular complexity index is 3390. The van der Waals surface area contributed by atoms with Crippen LogP contribution in [0.5, 0.6) is 11.5 Å². The second kappa shape index (κ2) is 13.3. The number of hydrogen-bond acceptors (Lipinski definition) is 3. The zero-order valence-electron chi connectivity index (χ0n) is 41.9. The van der Waals surface area contributed by atoms with E-state index in [2.05, 4.69) is 238 Å². The fourth-order valence-electron chi connectivity index (χ4n) is 14.6. The Hall–Kier alpha value is -5.73. The number of fused-ring (bicyclic) bond motifs is 14. The number of ether oxygens (including phenoxy) is 2. The normalized spacial score (nSPS) is 26.5. The van der Waals surface area contributed by atoms with Gasteiger partial charge in [0.1, 0.15) is 19.6 Å². The van der Waals surface area contributed by atoms with Crippen LogP contribution in [0.1, 0.15) is 88.8 Å². The number of anilines is 3. The van der Waals surface area contributed by atoms with E-state index in [0.717, 1.165) is 17.2 Å². The van der Waals surface area contributed by atoms with Gasteiger partial charge in [0.2, 0.25) is 0 Å². The van der Waals surface area contributed by atoms with Gasteiger partial charge in [-0.1, -0.05) is 184 Å². The highest BCUT2D eigenvalue weighted by Gasteiger charge is 2.65. The highest BCUT2D eigenvalue weighted by Crippen LogP contribution is 2.67. The SMILES string of the molecule is CC1(C)C2=C(c3ccc(N(c4ccc5c(c4)C(C)(C)c4ccccc4-5)c4ccc5c(c4)C(C)(C)c4ccc6c(c4-5)Oc4ccccc4[Si]6(C)C)cc31)C1(C)OC3C=CC=CC3(C)[Si](C)(C)C1C=C2. The minimum Gasteiger partial charge on any atom is -0.457 e. The maximum Gasteiger partial charge on any atom is 0.135 e. The first-order valence-electron chi connectivity index (χ1n) is 25.0. The largest absolute Gasteiger partial charge is 0.457 e. The van der Waals surface area contributed by atoms with Gasteiger partial charge in [0.15, 0.2) is 0 Å². The monoisotopic (exact) mass is 921 g/mol. The molecule has 5 heteroatoms. The first-order chi connectivity index (χ1) is 32.2. The van der Waals surface area contributed by atoms with Crippen molar-refractivity contribution >= 4 is 49.2 Å². The number of benzene rings is 6. The first kappa shape index (κ1) is 42.4. The average Bonchev–Trinajstić information content (AvgIpc) is 3.79. The van der Waals surface area contributed by atoms with E-state index in [0.29, 0.717) is 5.54 Å². The van der Waals surface area contributed by atoms with E-state index in [1.54, 1.807) is 0 Å². The maximum atomic E-state index is 7.51. The molecule has 6 aromatic rings. The summed E-state index contributed by atoms with van der Waals surface area (Å²) in [5.41, 5.74) is 18.9. The summed E-state index contributed by atoms with van der Waals surface area (Å²) in [5, 5.41) is 2.76. The van der Waals surface area contributed by atoms with Crippen LogP contribution in [0.15, 0.2) is 157 Å². The molecule has 1 fully saturated rings. The molecule has 0 saturated carbocycles. The predicted molar refractivity (Wildman–Crippen MR) is 290 cm³/mol. The van der Waals surface area contributed by atoms with Crippen LogP contribution in [0.25, 0.3) is 27.8 Å². The lowest BCUT2D eigenvalue weighted by Crippen LogP contribution is -2.64. The van der Waals surface area contributed by atoms with Crippen LogP contribution in [0.4, 0.5) is 17.1 Å². The zero-order valence-corrected chi connectivity index (χ0v) is 43.9. The van der Waals surface area contributed by atoms with Gasteiger partial charge in [-0.3, -0.25) is 0 Å². The summed E-state index contributed by atoms with van der Waals surface area (Å²) >= 11 is 0. The van der Waals surface area contributed by atoms with Gasteiger partial charge in [-0.05, 0) is 121 Å². The molecule has 4 atom stereocenters. The number of allylic oxidation sites excluding steroid dienone is 4. The second-order valence-corrected chi connectivity index (χ2v) is 33.5. The van der Waals surface area contributed by atoms with Crippen molar-refractivity contribution in [1.29, 1.82) is 0 Å². The highest BCUT2D eigenvalue weighted by atomic mass is 28.3. The summed E-state index contributed by atoms with van der Waals surface area (Å²) in [6, 6.07) is 44.4. The van der Waals surface area contributed by atoms with Crippen molar-refractivity contribution in [2.45, 2.75) is 120 Å². The van der Waals surface area contributed by atoms with Crippen molar-refractivity contribution in [1.82, 2.24) is 0 Å². The molecule has 0 bridgehead atoms. The minimum atomic E-state index is -2.02. The van der Waals surface area contributed by atoms with Crippen LogP contribution in [0.3, 0.4) is 0 Å². The van der Waals surface area contributed by atoms with Gasteiger partial charge in [0.25, 0.3) is 0 Å². The van der Waals surface area contributed by atoms with Gasteiger partial charge >= 0.3 is 0 Å². The Kier molecular flexibility index (Phi) is 8.30. The Morgan fingerprint density at radius 3 is 1.87 bits per heavy atom. The van der Waals surface area contributed by atoms with Crippen molar-refractivity contribution in [2.75, 3.05) is 4.90 Å². The molecular formula is C63H63NO2Si2. The van der Waals surface area contributed by atoms with Crippen molar-refractivity contribution in [2.24, 2.45) is 0 Å². The Morgan fingerprint density at radius 1 is 0.529 bits per heavy atom. The second-order valence-electron chi connectivity index (χ2n) is 24.1. The third-order valence-corrected chi connectivity index (χ3v) is 28.0. The molecule has 5 aliphatic carbocycles. The van der Waals surface area contributed by atoms with Crippen LogP contribution >= 0.6 is 0 Å². The summed E-state index contributed by atoms with van der Waals surface area (Å²) in [4.78, 5) is 2.54. The van der Waals surface area contributed by atoms with Gasteiger partial charge in [-0.2, -0.15) is 0 Å². The predicted octanol–water partition coefficient (Wildman–Crippen LogP) is 15.4. The Labute approximate surface area is 406 Å². The molecule has 340 valence electrons. The fourth-order valence-corrected chi connectivity index (χ4v) is 21.7. The van der Waals surface area contributed by atoms with E-state index in [4.69, 9.17) is 9.47 Å². The van der Waals surface area contributed by atoms with E-state index >= 15 is 0 Å². The molecule has 4 unspecified atom stereocenters. The molecule has 68 heavy (non-hydrogen) atoms. The van der Waals surface area contributed by atoms with Crippen LogP contribution in [0.2, 0.25) is 36.8 Å². The molecule has 0 aromatic heterocycles. The number of rotatable bonds is 3. The molecule has 13 rings (SSSR count). The summed E-state index contributed by atoms with van der Waals surface area (Å²) < 4.78 is 14.5. The minimum absolute atomic E-state index is 0.0172. The van der Waals surface area contributed by atoms with Crippen molar-refractivity contribution in [3.8, 4) is 33.8 Å². The van der Waals surface area contributed by atoms with Gasteiger partial charge < -0.3 is 14.4 Å². The summed E-state index contributed by atoms with van der Waals surface area (Å²) in [6.45, 7) is 29.5. The molecule has 7 aliphatic rings. The van der Waals surface area contributed by atoms with Gasteiger partial charge in [-0.25, -0.2) is 0 Å². The van der Waals surface area contributed by atoms with Crippen LogP contribution in [0, 0.1) is 0 Å². The van der Waals surface area contributed by atoms with Crippen molar-refractivity contribution in [3.05, 3.63) is 191 Å². The summed E-state index contributed by atoms with van der Waals surface area (Å²) in [7, 11) is -3.99. The summed E-state index contributed by atoms with van der Waals surface area (Å²) in [5.74, 6) is 2.07. The smallest absolute Gasteiger partial charge is 0.135 e. The van der Waals surface area contributed by atoms with Gasteiger partial charge in [-0.15, -0.1) is 0 Å². The molecule has 3 nitrogen and oxygen atoms in total. The Morgan fingerprint density at radius 2 is 1.13 bits per heavy atom. The van der Waals surface area contributed by atoms with E-state index < -0.39 is 21.7 Å². The van der Waals surface area contributed by atoms with Crippen LogP contribution in [-0.2, 0) is 21.0 Å². The number of nitrogens with zero attached hydrogens (tertiary/aromatic N) is 1. The molecular weight excluding hydrogens is 859 g/mol. The fraction of sp³-hybridized carbons (Fsp3) is 0.302. The molecule has 2 heterocycles. The topological polar surface area (TPSA) is 21.7 Å². The lowest BCUT2D eigenvalue weighted by atomic mass is 9.76.